The van der Waals surface area contributed by atoms with Crippen LogP contribution >= 0.6 is 15.9 Å². The van der Waals surface area contributed by atoms with Gasteiger partial charge < -0.3 is 10.1 Å². The summed E-state index contributed by atoms with van der Waals surface area (Å²) in [6.07, 6.45) is 0. The molecule has 0 fully saturated rings. The molecule has 0 aliphatic carbocycles. The molecule has 0 saturated carbocycles. The Morgan fingerprint density at radius 2 is 2.00 bits per heavy atom. The third kappa shape index (κ3) is 3.78. The Morgan fingerprint density at radius 1 is 1.24 bits per heavy atom. The summed E-state index contributed by atoms with van der Waals surface area (Å²) in [5, 5.41) is 2.99. The predicted molar refractivity (Wildman–Crippen MR) is 79.2 cm³/mol. The standard InChI is InChI=1S/C15H12BrF2NO2/c1-21-15(20)11-4-2-9(6-13(11)18)8-19-14-7-10(17)3-5-12(14)16/h2-7,19H,8H2,1H3. The number of nitrogens with one attached hydrogen (secondary N) is 1. The van der Waals surface area contributed by atoms with Crippen LogP contribution in [-0.2, 0) is 11.3 Å². The third-order valence-corrected chi connectivity index (χ3v) is 3.54. The van der Waals surface area contributed by atoms with Crippen LogP contribution in [0.1, 0.15) is 15.9 Å². The fourth-order valence-corrected chi connectivity index (χ4v) is 2.16. The Labute approximate surface area is 129 Å². The molecule has 0 unspecified atom stereocenters. The van der Waals surface area contributed by atoms with Crippen molar-refractivity contribution < 1.29 is 18.3 Å². The van der Waals surface area contributed by atoms with Gasteiger partial charge in [0.1, 0.15) is 11.6 Å². The number of ether oxygens (including phenoxy) is 1. The lowest BCUT2D eigenvalue weighted by Crippen LogP contribution is -2.06. The van der Waals surface area contributed by atoms with Crippen LogP contribution in [0.4, 0.5) is 14.5 Å². The Balaban J connectivity index is 2.12. The summed E-state index contributed by atoms with van der Waals surface area (Å²) >= 11 is 3.29. The number of carbonyl (C=O) groups excluding carboxylic acids is 1. The molecule has 3 nitrogen and oxygen atoms in total. The summed E-state index contributed by atoms with van der Waals surface area (Å²) < 4.78 is 32.1. The Hall–Kier alpha value is -1.95. The quantitative estimate of drug-likeness (QED) is 0.838. The molecule has 0 spiro atoms. The zero-order valence-corrected chi connectivity index (χ0v) is 12.7. The van der Waals surface area contributed by atoms with E-state index in [2.05, 4.69) is 26.0 Å². The second-order valence-corrected chi connectivity index (χ2v) is 5.14. The average Bonchev–Trinajstić information content (AvgIpc) is 2.47. The first kappa shape index (κ1) is 15.4. The molecule has 110 valence electrons. The highest BCUT2D eigenvalue weighted by Crippen LogP contribution is 2.24. The first-order chi connectivity index (χ1) is 10.0. The van der Waals surface area contributed by atoms with Gasteiger partial charge in [0, 0.05) is 11.0 Å². The van der Waals surface area contributed by atoms with Gasteiger partial charge in [0.05, 0.1) is 18.4 Å². The average molecular weight is 356 g/mol. The van der Waals surface area contributed by atoms with Crippen LogP contribution in [0.5, 0.6) is 0 Å². The maximum Gasteiger partial charge on any atom is 0.340 e. The summed E-state index contributed by atoms with van der Waals surface area (Å²) in [6.45, 7) is 0.292. The number of benzene rings is 2. The van der Waals surface area contributed by atoms with Crippen molar-refractivity contribution in [2.24, 2.45) is 0 Å². The molecule has 2 aromatic carbocycles. The molecule has 0 radical (unpaired) electrons. The summed E-state index contributed by atoms with van der Waals surface area (Å²) in [7, 11) is 1.19. The first-order valence-electron chi connectivity index (χ1n) is 6.07. The van der Waals surface area contributed by atoms with Gasteiger partial charge in [-0.3, -0.25) is 0 Å². The summed E-state index contributed by atoms with van der Waals surface area (Å²) in [5.41, 5.74) is 1.07. The van der Waals surface area contributed by atoms with E-state index in [-0.39, 0.29) is 11.4 Å². The van der Waals surface area contributed by atoms with Crippen LogP contribution in [-0.4, -0.2) is 13.1 Å². The lowest BCUT2D eigenvalue weighted by Gasteiger charge is -2.10. The number of methoxy groups -OCH3 is 1. The molecule has 2 aromatic rings. The van der Waals surface area contributed by atoms with Crippen molar-refractivity contribution in [2.75, 3.05) is 12.4 Å². The second kappa shape index (κ2) is 6.67. The minimum Gasteiger partial charge on any atom is -0.465 e. The Morgan fingerprint density at radius 3 is 2.67 bits per heavy atom. The number of hydrogen-bond acceptors (Lipinski definition) is 3. The highest BCUT2D eigenvalue weighted by Gasteiger charge is 2.12. The van der Waals surface area contributed by atoms with Crippen molar-refractivity contribution in [3.05, 3.63) is 63.6 Å². The number of rotatable bonds is 4. The topological polar surface area (TPSA) is 38.3 Å². The SMILES string of the molecule is COC(=O)c1ccc(CNc2cc(F)ccc2Br)cc1F. The number of anilines is 1. The van der Waals surface area contributed by atoms with E-state index in [1.165, 1.54) is 31.4 Å². The second-order valence-electron chi connectivity index (χ2n) is 4.28. The fourth-order valence-electron chi connectivity index (χ4n) is 1.77. The van der Waals surface area contributed by atoms with Gasteiger partial charge in [0.15, 0.2) is 0 Å². The van der Waals surface area contributed by atoms with Crippen LogP contribution in [0.3, 0.4) is 0 Å². The number of carbonyl (C=O) groups is 1. The van der Waals surface area contributed by atoms with E-state index in [9.17, 15) is 13.6 Å². The smallest absolute Gasteiger partial charge is 0.340 e. The lowest BCUT2D eigenvalue weighted by atomic mass is 10.1. The van der Waals surface area contributed by atoms with E-state index in [0.29, 0.717) is 22.3 Å². The van der Waals surface area contributed by atoms with Gasteiger partial charge in [-0.15, -0.1) is 0 Å². The zero-order valence-electron chi connectivity index (χ0n) is 11.1. The third-order valence-electron chi connectivity index (χ3n) is 2.85. The van der Waals surface area contributed by atoms with Gasteiger partial charge in [0.25, 0.3) is 0 Å². The molecule has 6 heteroatoms. The van der Waals surface area contributed by atoms with Gasteiger partial charge in [0.2, 0.25) is 0 Å². The van der Waals surface area contributed by atoms with Gasteiger partial charge in [-0.25, -0.2) is 13.6 Å². The van der Waals surface area contributed by atoms with Crippen LogP contribution in [0.25, 0.3) is 0 Å². The monoisotopic (exact) mass is 355 g/mol. The maximum atomic E-state index is 13.8. The van der Waals surface area contributed by atoms with Crippen molar-refractivity contribution in [1.29, 1.82) is 0 Å². The summed E-state index contributed by atoms with van der Waals surface area (Å²) in [6, 6.07) is 8.46. The minimum atomic E-state index is -0.722. The molecule has 0 atom stereocenters. The molecule has 2 rings (SSSR count). The molecular weight excluding hydrogens is 344 g/mol. The Kier molecular flexibility index (Phi) is 4.90. The molecule has 0 aromatic heterocycles. The highest BCUT2D eigenvalue weighted by atomic mass is 79.9. The molecule has 0 amide bonds. The summed E-state index contributed by atoms with van der Waals surface area (Å²) in [4.78, 5) is 11.3. The molecular formula is C15H12BrF2NO2. The summed E-state index contributed by atoms with van der Waals surface area (Å²) in [5.74, 6) is -1.74. The molecule has 0 bridgehead atoms. The van der Waals surface area contributed by atoms with Crippen LogP contribution in [0.2, 0.25) is 0 Å². The number of esters is 1. The highest BCUT2D eigenvalue weighted by molar-refractivity contribution is 9.10. The van der Waals surface area contributed by atoms with Crippen molar-refractivity contribution in [1.82, 2.24) is 0 Å². The van der Waals surface area contributed by atoms with E-state index in [0.717, 1.165) is 0 Å². The van der Waals surface area contributed by atoms with Gasteiger partial charge in [-0.05, 0) is 51.8 Å². The maximum absolute atomic E-state index is 13.8. The normalized spacial score (nSPS) is 10.3. The lowest BCUT2D eigenvalue weighted by molar-refractivity contribution is 0.0595. The van der Waals surface area contributed by atoms with E-state index >= 15 is 0 Å². The van der Waals surface area contributed by atoms with Crippen molar-refractivity contribution >= 4 is 27.6 Å². The van der Waals surface area contributed by atoms with Crippen molar-refractivity contribution in [3.63, 3.8) is 0 Å². The zero-order chi connectivity index (χ0) is 15.4. The largest absolute Gasteiger partial charge is 0.465 e. The van der Waals surface area contributed by atoms with E-state index in [1.54, 1.807) is 12.1 Å². The predicted octanol–water partition coefficient (Wildman–Crippen LogP) is 4.13. The molecule has 0 aliphatic rings. The van der Waals surface area contributed by atoms with E-state index < -0.39 is 11.8 Å². The molecule has 0 aliphatic heterocycles. The number of halogens is 3. The Bertz CT molecular complexity index is 677. The molecule has 21 heavy (non-hydrogen) atoms. The molecule has 0 heterocycles. The van der Waals surface area contributed by atoms with E-state index in [4.69, 9.17) is 0 Å². The van der Waals surface area contributed by atoms with Crippen LogP contribution in [0.15, 0.2) is 40.9 Å². The molecule has 1 N–H and O–H groups in total. The van der Waals surface area contributed by atoms with Crippen molar-refractivity contribution in [3.8, 4) is 0 Å². The van der Waals surface area contributed by atoms with Gasteiger partial charge >= 0.3 is 5.97 Å². The minimum absolute atomic E-state index is 0.117. The van der Waals surface area contributed by atoms with Crippen LogP contribution in [0, 0.1) is 11.6 Å². The molecule has 0 saturated heterocycles. The van der Waals surface area contributed by atoms with Gasteiger partial charge in [-0.2, -0.15) is 0 Å². The van der Waals surface area contributed by atoms with Crippen molar-refractivity contribution in [2.45, 2.75) is 6.54 Å². The fraction of sp³-hybridized carbons (Fsp3) is 0.133. The van der Waals surface area contributed by atoms with E-state index in [1.807, 2.05) is 0 Å². The number of hydrogen-bond donors (Lipinski definition) is 1. The van der Waals surface area contributed by atoms with Gasteiger partial charge in [-0.1, -0.05) is 6.07 Å². The van der Waals surface area contributed by atoms with Crippen LogP contribution < -0.4 is 5.32 Å². The first-order valence-corrected chi connectivity index (χ1v) is 6.86.